The Bertz CT molecular complexity index is 464. The van der Waals surface area contributed by atoms with Crippen LogP contribution < -0.4 is 4.74 Å². The van der Waals surface area contributed by atoms with Crippen molar-refractivity contribution in [3.05, 3.63) is 28.8 Å². The van der Waals surface area contributed by atoms with Crippen molar-refractivity contribution in [2.24, 2.45) is 0 Å². The predicted molar refractivity (Wildman–Crippen MR) is 71.7 cm³/mol. The monoisotopic (exact) mass is 264 g/mol. The first-order valence-electron chi connectivity index (χ1n) is 6.53. The molecule has 0 bridgehead atoms. The summed E-state index contributed by atoms with van der Waals surface area (Å²) in [6.07, 6.45) is 0.768. The molecule has 0 atom stereocenters. The molecule has 4 nitrogen and oxygen atoms in total. The Morgan fingerprint density at radius 1 is 1.21 bits per heavy atom. The van der Waals surface area contributed by atoms with Gasteiger partial charge in [-0.1, -0.05) is 17.7 Å². The summed E-state index contributed by atoms with van der Waals surface area (Å²) >= 11 is 0. The van der Waals surface area contributed by atoms with E-state index in [4.69, 9.17) is 9.47 Å². The Labute approximate surface area is 113 Å². The second kappa shape index (κ2) is 5.21. The molecule has 1 aliphatic rings. The van der Waals surface area contributed by atoms with Gasteiger partial charge in [-0.2, -0.15) is 0 Å². The molecule has 1 fully saturated rings. The number of aryl methyl sites for hydroxylation is 3. The highest BCUT2D eigenvalue weighted by molar-refractivity contribution is 5.78. The Morgan fingerprint density at radius 3 is 2.21 bits per heavy atom. The molecule has 4 heteroatoms. The van der Waals surface area contributed by atoms with Gasteiger partial charge in [0.2, 0.25) is 5.60 Å². The third kappa shape index (κ3) is 2.73. The van der Waals surface area contributed by atoms with Gasteiger partial charge < -0.3 is 14.6 Å². The summed E-state index contributed by atoms with van der Waals surface area (Å²) in [7, 11) is 0. The lowest BCUT2D eigenvalue weighted by Gasteiger charge is -2.34. The Balaban J connectivity index is 2.35. The van der Waals surface area contributed by atoms with Crippen LogP contribution in [0.25, 0.3) is 0 Å². The first-order valence-corrected chi connectivity index (χ1v) is 6.53. The van der Waals surface area contributed by atoms with E-state index < -0.39 is 11.6 Å². The van der Waals surface area contributed by atoms with E-state index in [-0.39, 0.29) is 0 Å². The summed E-state index contributed by atoms with van der Waals surface area (Å²) in [4.78, 5) is 11.6. The summed E-state index contributed by atoms with van der Waals surface area (Å²) in [6, 6.07) is 4.02. The zero-order valence-electron chi connectivity index (χ0n) is 11.7. The SMILES string of the molecule is Cc1cc(C)c(OC2(C(=O)O)CCOCC2)c(C)c1. The van der Waals surface area contributed by atoms with Crippen LogP contribution in [0.3, 0.4) is 0 Å². The van der Waals surface area contributed by atoms with E-state index in [0.29, 0.717) is 31.8 Å². The normalized spacial score (nSPS) is 18.1. The summed E-state index contributed by atoms with van der Waals surface area (Å²) in [5.74, 6) is -0.218. The highest BCUT2D eigenvalue weighted by Gasteiger charge is 2.43. The lowest BCUT2D eigenvalue weighted by molar-refractivity contribution is -0.163. The fourth-order valence-corrected chi connectivity index (χ4v) is 2.58. The van der Waals surface area contributed by atoms with Crippen molar-refractivity contribution < 1.29 is 19.4 Å². The van der Waals surface area contributed by atoms with Crippen molar-refractivity contribution in [3.63, 3.8) is 0 Å². The lowest BCUT2D eigenvalue weighted by atomic mass is 9.93. The number of hydrogen-bond donors (Lipinski definition) is 1. The molecule has 0 saturated carbocycles. The van der Waals surface area contributed by atoms with Crippen LogP contribution in [0, 0.1) is 20.8 Å². The number of aliphatic carboxylic acids is 1. The minimum atomic E-state index is -1.15. The first kappa shape index (κ1) is 13.9. The van der Waals surface area contributed by atoms with Gasteiger partial charge in [0, 0.05) is 12.8 Å². The molecular weight excluding hydrogens is 244 g/mol. The maximum Gasteiger partial charge on any atom is 0.348 e. The maximum atomic E-state index is 11.6. The zero-order chi connectivity index (χ0) is 14.0. The van der Waals surface area contributed by atoms with Crippen molar-refractivity contribution in [1.82, 2.24) is 0 Å². The van der Waals surface area contributed by atoms with E-state index in [0.717, 1.165) is 16.7 Å². The molecule has 0 aliphatic carbocycles. The molecule has 1 heterocycles. The Morgan fingerprint density at radius 2 is 1.74 bits per heavy atom. The van der Waals surface area contributed by atoms with Crippen LogP contribution >= 0.6 is 0 Å². The van der Waals surface area contributed by atoms with Crippen LogP contribution in [0.4, 0.5) is 0 Å². The number of rotatable bonds is 3. The van der Waals surface area contributed by atoms with Gasteiger partial charge in [-0.25, -0.2) is 4.79 Å². The molecule has 1 N–H and O–H groups in total. The molecule has 1 aliphatic heterocycles. The van der Waals surface area contributed by atoms with E-state index in [1.54, 1.807) is 0 Å². The maximum absolute atomic E-state index is 11.6. The fraction of sp³-hybridized carbons (Fsp3) is 0.533. The van der Waals surface area contributed by atoms with Crippen LogP contribution in [0.5, 0.6) is 5.75 Å². The van der Waals surface area contributed by atoms with Gasteiger partial charge in [0.05, 0.1) is 13.2 Å². The molecule has 1 aromatic rings. The minimum absolute atomic E-state index is 0.384. The number of benzene rings is 1. The molecule has 0 unspecified atom stereocenters. The van der Waals surface area contributed by atoms with Gasteiger partial charge in [0.15, 0.2) is 0 Å². The smallest absolute Gasteiger partial charge is 0.348 e. The van der Waals surface area contributed by atoms with Gasteiger partial charge in [0.25, 0.3) is 0 Å². The molecule has 1 aromatic carbocycles. The van der Waals surface area contributed by atoms with Gasteiger partial charge in [-0.3, -0.25) is 0 Å². The number of hydrogen-bond acceptors (Lipinski definition) is 3. The summed E-state index contributed by atoms with van der Waals surface area (Å²) in [5.41, 5.74) is 1.95. The van der Waals surface area contributed by atoms with Crippen LogP contribution in [0.2, 0.25) is 0 Å². The number of carboxylic acid groups (broad SMARTS) is 1. The van der Waals surface area contributed by atoms with E-state index in [9.17, 15) is 9.90 Å². The van der Waals surface area contributed by atoms with Crippen LogP contribution in [-0.4, -0.2) is 29.9 Å². The molecule has 0 radical (unpaired) electrons. The number of ether oxygens (including phenoxy) is 2. The van der Waals surface area contributed by atoms with E-state index in [1.165, 1.54) is 0 Å². The molecule has 2 rings (SSSR count). The van der Waals surface area contributed by atoms with Crippen molar-refractivity contribution in [2.75, 3.05) is 13.2 Å². The molecule has 0 aromatic heterocycles. The summed E-state index contributed by atoms with van der Waals surface area (Å²) in [5, 5.41) is 9.51. The predicted octanol–water partition coefficient (Wildman–Crippen LogP) is 2.62. The molecular formula is C15H20O4. The quantitative estimate of drug-likeness (QED) is 0.911. The van der Waals surface area contributed by atoms with Gasteiger partial charge in [-0.15, -0.1) is 0 Å². The van der Waals surface area contributed by atoms with Crippen molar-refractivity contribution in [1.29, 1.82) is 0 Å². The van der Waals surface area contributed by atoms with Crippen LogP contribution in [0.15, 0.2) is 12.1 Å². The average Bonchev–Trinajstić information content (AvgIpc) is 2.35. The first-order chi connectivity index (χ1) is 8.94. The highest BCUT2D eigenvalue weighted by atomic mass is 16.5. The van der Waals surface area contributed by atoms with Crippen LogP contribution in [-0.2, 0) is 9.53 Å². The summed E-state index contributed by atoms with van der Waals surface area (Å²) < 4.78 is 11.2. The largest absolute Gasteiger partial charge is 0.478 e. The molecule has 104 valence electrons. The van der Waals surface area contributed by atoms with E-state index >= 15 is 0 Å². The molecule has 1 saturated heterocycles. The second-order valence-corrected chi connectivity index (χ2v) is 5.24. The van der Waals surface area contributed by atoms with Gasteiger partial charge in [0.1, 0.15) is 5.75 Å². The van der Waals surface area contributed by atoms with Gasteiger partial charge >= 0.3 is 5.97 Å². The van der Waals surface area contributed by atoms with Crippen molar-refractivity contribution >= 4 is 5.97 Å². The van der Waals surface area contributed by atoms with Crippen molar-refractivity contribution in [3.8, 4) is 5.75 Å². The number of carbonyl (C=O) groups is 1. The third-order valence-corrected chi connectivity index (χ3v) is 3.59. The van der Waals surface area contributed by atoms with E-state index in [1.807, 2.05) is 32.9 Å². The third-order valence-electron chi connectivity index (χ3n) is 3.59. The number of carboxylic acids is 1. The molecule has 19 heavy (non-hydrogen) atoms. The van der Waals surface area contributed by atoms with E-state index in [2.05, 4.69) is 0 Å². The van der Waals surface area contributed by atoms with Crippen LogP contribution in [0.1, 0.15) is 29.5 Å². The topological polar surface area (TPSA) is 55.8 Å². The molecule has 0 spiro atoms. The highest BCUT2D eigenvalue weighted by Crippen LogP contribution is 2.33. The summed E-state index contributed by atoms with van der Waals surface area (Å²) in [6.45, 7) is 6.77. The zero-order valence-corrected chi connectivity index (χ0v) is 11.7. The fourth-order valence-electron chi connectivity index (χ4n) is 2.58. The lowest BCUT2D eigenvalue weighted by Crippen LogP contribution is -2.49. The van der Waals surface area contributed by atoms with Crippen molar-refractivity contribution in [2.45, 2.75) is 39.2 Å². The Hall–Kier alpha value is -1.55. The van der Waals surface area contributed by atoms with Gasteiger partial charge in [-0.05, 0) is 31.9 Å². The Kier molecular flexibility index (Phi) is 3.80. The second-order valence-electron chi connectivity index (χ2n) is 5.24. The standard InChI is InChI=1S/C15H20O4/c1-10-8-11(2)13(12(3)9-10)19-15(14(16)17)4-6-18-7-5-15/h8-9H,4-7H2,1-3H3,(H,16,17). The molecule has 0 amide bonds. The minimum Gasteiger partial charge on any atom is -0.478 e. The average molecular weight is 264 g/mol.